The molecule has 2 aromatic carbocycles. The molecule has 0 aliphatic carbocycles. The lowest BCUT2D eigenvalue weighted by Gasteiger charge is -2.11. The van der Waals surface area contributed by atoms with E-state index in [1.165, 1.54) is 25.1 Å². The number of primary amides is 1. The number of anilines is 1. The van der Waals surface area contributed by atoms with Crippen molar-refractivity contribution in [1.29, 1.82) is 0 Å². The second-order valence-corrected chi connectivity index (χ2v) is 9.39. The van der Waals surface area contributed by atoms with Crippen LogP contribution in [0.1, 0.15) is 32.5 Å². The van der Waals surface area contributed by atoms with Crippen LogP contribution < -0.4 is 11.5 Å². The molecule has 6 nitrogen and oxygen atoms in total. The van der Waals surface area contributed by atoms with Crippen LogP contribution in [0, 0.1) is 6.92 Å². The molecule has 0 radical (unpaired) electrons. The summed E-state index contributed by atoms with van der Waals surface area (Å²) in [6.07, 6.45) is 0. The largest absolute Gasteiger partial charge is 0.398 e. The zero-order valence-electron chi connectivity index (χ0n) is 15.2. The Kier molecular flexibility index (Phi) is 5.10. The highest BCUT2D eigenvalue weighted by Crippen LogP contribution is 2.43. The van der Waals surface area contributed by atoms with E-state index < -0.39 is 15.7 Å². The first-order chi connectivity index (χ1) is 13.2. The molecule has 4 N–H and O–H groups in total. The maximum absolute atomic E-state index is 13.1. The molecule has 0 atom stereocenters. The molecule has 0 aliphatic rings. The third-order valence-electron chi connectivity index (χ3n) is 4.33. The maximum atomic E-state index is 13.1. The maximum Gasteiger partial charge on any atom is 0.251 e. The summed E-state index contributed by atoms with van der Waals surface area (Å²) in [4.78, 5) is 24.6. The predicted molar refractivity (Wildman–Crippen MR) is 109 cm³/mol. The van der Waals surface area contributed by atoms with E-state index in [-0.39, 0.29) is 31.0 Å². The molecular weight excluding hydrogens is 396 g/mol. The van der Waals surface area contributed by atoms with Gasteiger partial charge < -0.3 is 11.5 Å². The Morgan fingerprint density at radius 2 is 1.64 bits per heavy atom. The van der Waals surface area contributed by atoms with Gasteiger partial charge in [0.2, 0.25) is 9.84 Å². The Morgan fingerprint density at radius 1 is 1.00 bits per heavy atom. The molecule has 3 aromatic rings. The Bertz CT molecular complexity index is 1200. The number of nitrogen functional groups attached to an aromatic ring is 1. The molecule has 1 amide bonds. The average molecular weight is 415 g/mol. The van der Waals surface area contributed by atoms with Crippen LogP contribution in [0.5, 0.6) is 0 Å². The lowest BCUT2D eigenvalue weighted by Crippen LogP contribution is -2.15. The van der Waals surface area contributed by atoms with E-state index in [1.54, 1.807) is 37.3 Å². The van der Waals surface area contributed by atoms with Gasteiger partial charge in [-0.05, 0) is 43.2 Å². The fraction of sp³-hybridized carbons (Fsp3) is 0.100. The summed E-state index contributed by atoms with van der Waals surface area (Å²) in [5.41, 5.74) is 12.7. The number of hydrogen-bond donors (Lipinski definition) is 2. The number of hydrogen-bond acceptors (Lipinski definition) is 6. The Morgan fingerprint density at radius 3 is 2.21 bits per heavy atom. The van der Waals surface area contributed by atoms with E-state index in [9.17, 15) is 18.0 Å². The summed E-state index contributed by atoms with van der Waals surface area (Å²) in [5.74, 6) is -1.06. The predicted octanol–water partition coefficient (Wildman–Crippen LogP) is 3.44. The molecule has 28 heavy (non-hydrogen) atoms. The van der Waals surface area contributed by atoms with Crippen LogP contribution in [-0.2, 0) is 9.84 Å². The number of rotatable bonds is 5. The minimum Gasteiger partial charge on any atom is -0.398 e. The molecule has 0 saturated carbocycles. The van der Waals surface area contributed by atoms with Gasteiger partial charge in [0.1, 0.15) is 4.21 Å². The first-order valence-electron chi connectivity index (χ1n) is 8.29. The van der Waals surface area contributed by atoms with Crippen molar-refractivity contribution in [3.05, 3.63) is 64.5 Å². The smallest absolute Gasteiger partial charge is 0.251 e. The van der Waals surface area contributed by atoms with Gasteiger partial charge in [0, 0.05) is 11.3 Å². The monoisotopic (exact) mass is 414 g/mol. The Balaban J connectivity index is 2.37. The zero-order valence-corrected chi connectivity index (χ0v) is 16.9. The van der Waals surface area contributed by atoms with Gasteiger partial charge >= 0.3 is 0 Å². The van der Waals surface area contributed by atoms with Crippen molar-refractivity contribution in [2.24, 2.45) is 5.73 Å². The van der Waals surface area contributed by atoms with Crippen molar-refractivity contribution in [2.75, 3.05) is 5.73 Å². The summed E-state index contributed by atoms with van der Waals surface area (Å²) >= 11 is 0.887. The van der Waals surface area contributed by atoms with Crippen LogP contribution in [0.3, 0.4) is 0 Å². The minimum atomic E-state index is -3.84. The van der Waals surface area contributed by atoms with Gasteiger partial charge in [-0.2, -0.15) is 0 Å². The van der Waals surface area contributed by atoms with Crippen molar-refractivity contribution < 1.29 is 18.0 Å². The van der Waals surface area contributed by atoms with Gasteiger partial charge in [-0.1, -0.05) is 30.3 Å². The molecular formula is C20H18N2O4S2. The van der Waals surface area contributed by atoms with Gasteiger partial charge in [0.15, 0.2) is 5.78 Å². The molecule has 3 rings (SSSR count). The van der Waals surface area contributed by atoms with Crippen molar-refractivity contribution in [3.8, 4) is 11.1 Å². The third kappa shape index (κ3) is 3.21. The number of thiophene rings is 1. The quantitative estimate of drug-likeness (QED) is 0.489. The van der Waals surface area contributed by atoms with Gasteiger partial charge in [-0.3, -0.25) is 9.59 Å². The summed E-state index contributed by atoms with van der Waals surface area (Å²) in [6.45, 7) is 2.96. The zero-order chi connectivity index (χ0) is 20.6. The number of carbonyl (C=O) groups excluding carboxylic acids is 2. The van der Waals surface area contributed by atoms with Crippen molar-refractivity contribution in [1.82, 2.24) is 0 Å². The summed E-state index contributed by atoms with van der Waals surface area (Å²) in [7, 11) is -3.84. The Labute approximate surface area is 166 Å². The lowest BCUT2D eigenvalue weighted by molar-refractivity contribution is 0.0996. The second kappa shape index (κ2) is 7.21. The molecule has 0 aliphatic heterocycles. The van der Waals surface area contributed by atoms with Crippen molar-refractivity contribution >= 4 is 38.6 Å². The fourth-order valence-electron chi connectivity index (χ4n) is 3.08. The molecule has 0 unspecified atom stereocenters. The van der Waals surface area contributed by atoms with Crippen LogP contribution in [0.4, 0.5) is 5.69 Å². The number of amides is 1. The summed E-state index contributed by atoms with van der Waals surface area (Å²) in [6, 6.07) is 12.7. The van der Waals surface area contributed by atoms with Gasteiger partial charge in [0.05, 0.1) is 15.3 Å². The van der Waals surface area contributed by atoms with E-state index in [0.717, 1.165) is 11.3 Å². The average Bonchev–Trinajstić information content (AvgIpc) is 3.00. The highest BCUT2D eigenvalue weighted by Gasteiger charge is 2.30. The number of nitrogens with two attached hydrogens (primary N) is 2. The van der Waals surface area contributed by atoms with E-state index in [2.05, 4.69) is 0 Å². The summed E-state index contributed by atoms with van der Waals surface area (Å²) < 4.78 is 26.3. The molecule has 0 bridgehead atoms. The number of benzene rings is 2. The number of carbonyl (C=O) groups is 2. The fourth-order valence-corrected chi connectivity index (χ4v) is 6.24. The van der Waals surface area contributed by atoms with Crippen LogP contribution in [0.15, 0.2) is 57.6 Å². The van der Waals surface area contributed by atoms with Crippen LogP contribution in [0.2, 0.25) is 0 Å². The minimum absolute atomic E-state index is 0.0525. The highest BCUT2D eigenvalue weighted by atomic mass is 32.2. The highest BCUT2D eigenvalue weighted by molar-refractivity contribution is 7.93. The first kappa shape index (κ1) is 19.8. The third-order valence-corrected chi connectivity index (χ3v) is 8.12. The standard InChI is InChI=1S/C20H18N2O4S2/c1-11-16(14-9-6-10-15(21)17(14)19(22)24)18(12(2)23)27-20(11)28(25,26)13-7-4-3-5-8-13/h3-10H,21H2,1-2H3,(H2,22,24). The van der Waals surface area contributed by atoms with E-state index in [1.807, 2.05) is 0 Å². The van der Waals surface area contributed by atoms with Crippen LogP contribution in [-0.4, -0.2) is 20.1 Å². The molecule has 0 saturated heterocycles. The number of sulfone groups is 1. The molecule has 144 valence electrons. The second-order valence-electron chi connectivity index (χ2n) is 6.23. The normalized spacial score (nSPS) is 11.4. The molecule has 0 spiro atoms. The first-order valence-corrected chi connectivity index (χ1v) is 10.6. The van der Waals surface area contributed by atoms with E-state index in [4.69, 9.17) is 11.5 Å². The van der Waals surface area contributed by atoms with Gasteiger partial charge in [-0.25, -0.2) is 8.42 Å². The number of Topliss-reactive ketones (excluding diaryl/α,β-unsaturated/α-hetero) is 1. The molecule has 0 fully saturated rings. The van der Waals surface area contributed by atoms with Crippen LogP contribution >= 0.6 is 11.3 Å². The lowest BCUT2D eigenvalue weighted by atomic mass is 9.95. The van der Waals surface area contributed by atoms with Crippen LogP contribution in [0.25, 0.3) is 11.1 Å². The van der Waals surface area contributed by atoms with Crippen molar-refractivity contribution in [3.63, 3.8) is 0 Å². The van der Waals surface area contributed by atoms with E-state index >= 15 is 0 Å². The number of ketones is 1. The molecule has 8 heteroatoms. The molecule has 1 heterocycles. The van der Waals surface area contributed by atoms with Gasteiger partial charge in [0.25, 0.3) is 5.91 Å². The topological polar surface area (TPSA) is 120 Å². The van der Waals surface area contributed by atoms with E-state index in [0.29, 0.717) is 16.7 Å². The SMILES string of the molecule is CC(=O)c1sc(S(=O)(=O)c2ccccc2)c(C)c1-c1cccc(N)c1C(N)=O. The molecule has 1 aromatic heterocycles. The van der Waals surface area contributed by atoms with Gasteiger partial charge in [-0.15, -0.1) is 11.3 Å². The Hall–Kier alpha value is -2.97. The summed E-state index contributed by atoms with van der Waals surface area (Å²) in [5, 5.41) is 0. The van der Waals surface area contributed by atoms with Crippen molar-refractivity contribution in [2.45, 2.75) is 23.0 Å².